The lowest BCUT2D eigenvalue weighted by Crippen LogP contribution is -2.43. The Morgan fingerprint density at radius 1 is 1.11 bits per heavy atom. The molecule has 146 valence electrons. The smallest absolute Gasteiger partial charge is 0.306 e. The summed E-state index contributed by atoms with van der Waals surface area (Å²) in [6.45, 7) is 2.76. The highest BCUT2D eigenvalue weighted by molar-refractivity contribution is 5.85. The first-order chi connectivity index (χ1) is 13.1. The number of hydrogen-bond acceptors (Lipinski definition) is 5. The molecular formula is C21H22ClN3O3. The van der Waals surface area contributed by atoms with Gasteiger partial charge in [-0.25, -0.2) is 0 Å². The van der Waals surface area contributed by atoms with Crippen molar-refractivity contribution in [1.82, 2.24) is 15.5 Å². The lowest BCUT2D eigenvalue weighted by Gasteiger charge is -2.33. The van der Waals surface area contributed by atoms with E-state index < -0.39 is 5.97 Å². The molecule has 0 amide bonds. The summed E-state index contributed by atoms with van der Waals surface area (Å²) in [5.41, 5.74) is 4.12. The van der Waals surface area contributed by atoms with Gasteiger partial charge in [-0.2, -0.15) is 4.98 Å². The highest BCUT2D eigenvalue weighted by atomic mass is 35.5. The molecule has 2 aromatic carbocycles. The molecule has 1 aliphatic rings. The molecule has 0 atom stereocenters. The van der Waals surface area contributed by atoms with E-state index in [0.717, 1.165) is 23.2 Å². The number of aryl methyl sites for hydroxylation is 1. The van der Waals surface area contributed by atoms with E-state index in [1.165, 1.54) is 5.56 Å². The van der Waals surface area contributed by atoms with Crippen molar-refractivity contribution >= 4 is 18.4 Å². The average Bonchev–Trinajstić information content (AvgIpc) is 3.11. The Balaban J connectivity index is 0.00000225. The van der Waals surface area contributed by atoms with Crippen molar-refractivity contribution in [1.29, 1.82) is 0 Å². The summed E-state index contributed by atoms with van der Waals surface area (Å²) in [6.07, 6.45) is 1.41. The number of carbonyl (C=O) groups is 1. The molecule has 3 aromatic rings. The zero-order valence-corrected chi connectivity index (χ0v) is 16.3. The van der Waals surface area contributed by atoms with Crippen molar-refractivity contribution in [2.24, 2.45) is 5.92 Å². The average molecular weight is 400 g/mol. The minimum Gasteiger partial charge on any atom is -0.481 e. The summed E-state index contributed by atoms with van der Waals surface area (Å²) in [6, 6.07) is 16.3. The van der Waals surface area contributed by atoms with Crippen molar-refractivity contribution in [3.63, 3.8) is 0 Å². The van der Waals surface area contributed by atoms with Gasteiger partial charge in [0, 0.05) is 23.7 Å². The molecule has 4 rings (SSSR count). The molecule has 1 saturated carbocycles. The van der Waals surface area contributed by atoms with Crippen LogP contribution >= 0.6 is 12.4 Å². The van der Waals surface area contributed by atoms with E-state index in [1.807, 2.05) is 55.5 Å². The molecule has 2 N–H and O–H groups in total. The number of aromatic nitrogens is 2. The van der Waals surface area contributed by atoms with Crippen LogP contribution < -0.4 is 5.32 Å². The first-order valence-corrected chi connectivity index (χ1v) is 9.05. The summed E-state index contributed by atoms with van der Waals surface area (Å²) in [4.78, 5) is 15.3. The molecule has 7 heteroatoms. The second kappa shape index (κ2) is 8.54. The molecule has 0 radical (unpaired) electrons. The van der Waals surface area contributed by atoms with Gasteiger partial charge in [0.05, 0.1) is 5.92 Å². The molecule has 0 saturated heterocycles. The maximum atomic E-state index is 10.8. The molecule has 0 aliphatic heterocycles. The molecule has 1 heterocycles. The van der Waals surface area contributed by atoms with Crippen molar-refractivity contribution in [2.75, 3.05) is 0 Å². The van der Waals surface area contributed by atoms with Gasteiger partial charge >= 0.3 is 5.97 Å². The zero-order chi connectivity index (χ0) is 18.8. The first-order valence-electron chi connectivity index (χ1n) is 9.05. The van der Waals surface area contributed by atoms with Gasteiger partial charge in [0.1, 0.15) is 0 Å². The van der Waals surface area contributed by atoms with E-state index in [9.17, 15) is 4.79 Å². The fraction of sp³-hybridized carbons (Fsp3) is 0.286. The van der Waals surface area contributed by atoms with E-state index in [1.54, 1.807) is 0 Å². The molecule has 1 fully saturated rings. The first kappa shape index (κ1) is 20.0. The van der Waals surface area contributed by atoms with Gasteiger partial charge in [0.15, 0.2) is 0 Å². The monoisotopic (exact) mass is 399 g/mol. The lowest BCUT2D eigenvalue weighted by atomic mass is 9.80. The van der Waals surface area contributed by atoms with Crippen LogP contribution in [-0.2, 0) is 11.3 Å². The maximum absolute atomic E-state index is 10.8. The topological polar surface area (TPSA) is 88.2 Å². The van der Waals surface area contributed by atoms with E-state index in [-0.39, 0.29) is 18.3 Å². The van der Waals surface area contributed by atoms with Crippen LogP contribution in [0.2, 0.25) is 0 Å². The summed E-state index contributed by atoms with van der Waals surface area (Å²) in [5.74, 6) is 0.190. The van der Waals surface area contributed by atoms with Gasteiger partial charge < -0.3 is 14.9 Å². The van der Waals surface area contributed by atoms with Crippen LogP contribution in [0.25, 0.3) is 22.8 Å². The minimum atomic E-state index is -0.692. The van der Waals surface area contributed by atoms with Crippen LogP contribution in [0, 0.1) is 12.8 Å². The SMILES string of the molecule is Cc1ccc(-c2nc(-c3ccc(CN[C@H]4C[C@@H](C(=O)O)C4)cc3)no2)cc1.Cl. The van der Waals surface area contributed by atoms with E-state index in [4.69, 9.17) is 9.63 Å². The summed E-state index contributed by atoms with van der Waals surface area (Å²) in [7, 11) is 0. The van der Waals surface area contributed by atoms with E-state index in [0.29, 0.717) is 30.6 Å². The van der Waals surface area contributed by atoms with Crippen LogP contribution in [0.5, 0.6) is 0 Å². The van der Waals surface area contributed by atoms with Crippen LogP contribution in [0.15, 0.2) is 53.1 Å². The predicted molar refractivity (Wildman–Crippen MR) is 108 cm³/mol. The fourth-order valence-corrected chi connectivity index (χ4v) is 3.17. The summed E-state index contributed by atoms with van der Waals surface area (Å²) in [5, 5.41) is 16.4. The molecule has 0 spiro atoms. The summed E-state index contributed by atoms with van der Waals surface area (Å²) >= 11 is 0. The number of nitrogens with one attached hydrogen (secondary N) is 1. The Labute approximate surface area is 169 Å². The van der Waals surface area contributed by atoms with Crippen molar-refractivity contribution in [2.45, 2.75) is 32.4 Å². The van der Waals surface area contributed by atoms with Crippen molar-refractivity contribution < 1.29 is 14.4 Å². The predicted octanol–water partition coefficient (Wildman–Crippen LogP) is 4.09. The van der Waals surface area contributed by atoms with Crippen LogP contribution in [0.1, 0.15) is 24.0 Å². The number of aliphatic carboxylic acids is 1. The Morgan fingerprint density at radius 2 is 1.75 bits per heavy atom. The van der Waals surface area contributed by atoms with Gasteiger partial charge in [-0.05, 0) is 37.5 Å². The normalized spacial score (nSPS) is 18.2. The minimum absolute atomic E-state index is 0. The van der Waals surface area contributed by atoms with Gasteiger partial charge in [-0.3, -0.25) is 4.79 Å². The highest BCUT2D eigenvalue weighted by Gasteiger charge is 2.33. The van der Waals surface area contributed by atoms with Crippen molar-refractivity contribution in [3.8, 4) is 22.8 Å². The molecule has 0 bridgehead atoms. The van der Waals surface area contributed by atoms with Gasteiger partial charge in [0.2, 0.25) is 5.82 Å². The highest BCUT2D eigenvalue weighted by Crippen LogP contribution is 2.28. The molecule has 28 heavy (non-hydrogen) atoms. The lowest BCUT2D eigenvalue weighted by molar-refractivity contribution is -0.145. The number of carboxylic acid groups (broad SMARTS) is 1. The fourth-order valence-electron chi connectivity index (χ4n) is 3.17. The third-order valence-electron chi connectivity index (χ3n) is 5.02. The second-order valence-corrected chi connectivity index (χ2v) is 7.07. The number of nitrogens with zero attached hydrogens (tertiary/aromatic N) is 2. The number of benzene rings is 2. The van der Waals surface area contributed by atoms with Crippen LogP contribution in [-0.4, -0.2) is 27.3 Å². The van der Waals surface area contributed by atoms with Gasteiger partial charge in [-0.15, -0.1) is 12.4 Å². The quantitative estimate of drug-likeness (QED) is 0.649. The number of rotatable bonds is 6. The Bertz CT molecular complexity index is 932. The third-order valence-corrected chi connectivity index (χ3v) is 5.02. The molecule has 0 unspecified atom stereocenters. The standard InChI is InChI=1S/C21H21N3O3.ClH/c1-13-2-6-16(7-3-13)20-23-19(24-27-20)15-8-4-14(5-9-15)12-22-18-10-17(11-18)21(25)26;/h2-9,17-18,22H,10-12H2,1H3,(H,25,26);1H/t17-,18+;. The summed E-state index contributed by atoms with van der Waals surface area (Å²) < 4.78 is 5.38. The number of carboxylic acids is 1. The molecule has 1 aromatic heterocycles. The molecular weight excluding hydrogens is 378 g/mol. The van der Waals surface area contributed by atoms with Gasteiger partial charge in [-0.1, -0.05) is 47.1 Å². The van der Waals surface area contributed by atoms with E-state index in [2.05, 4.69) is 15.5 Å². The van der Waals surface area contributed by atoms with E-state index >= 15 is 0 Å². The van der Waals surface area contributed by atoms with Crippen molar-refractivity contribution in [3.05, 3.63) is 59.7 Å². The molecule has 1 aliphatic carbocycles. The van der Waals surface area contributed by atoms with Gasteiger partial charge in [0.25, 0.3) is 5.89 Å². The number of halogens is 1. The Hall–Kier alpha value is -2.70. The van der Waals surface area contributed by atoms with Crippen LogP contribution in [0.3, 0.4) is 0 Å². The third kappa shape index (κ3) is 4.40. The zero-order valence-electron chi connectivity index (χ0n) is 15.5. The molecule has 6 nitrogen and oxygen atoms in total. The Morgan fingerprint density at radius 3 is 2.39 bits per heavy atom. The van der Waals surface area contributed by atoms with Crippen LogP contribution in [0.4, 0.5) is 0 Å². The second-order valence-electron chi connectivity index (χ2n) is 7.07. The number of hydrogen-bond donors (Lipinski definition) is 2. The Kier molecular flexibility index (Phi) is 6.11. The largest absolute Gasteiger partial charge is 0.481 e. The maximum Gasteiger partial charge on any atom is 0.306 e.